The highest BCUT2D eigenvalue weighted by atomic mass is 16.5. The molecule has 1 amide bonds. The van der Waals surface area contributed by atoms with Gasteiger partial charge in [-0.05, 0) is 43.3 Å². The van der Waals surface area contributed by atoms with Gasteiger partial charge >= 0.3 is 6.01 Å². The summed E-state index contributed by atoms with van der Waals surface area (Å²) in [5.74, 6) is 0.307. The van der Waals surface area contributed by atoms with Crippen LogP contribution in [-0.2, 0) is 0 Å². The number of hydrogen-bond donors (Lipinski definition) is 1. The van der Waals surface area contributed by atoms with Crippen LogP contribution in [0.4, 0.5) is 5.69 Å². The van der Waals surface area contributed by atoms with Crippen LogP contribution in [0.15, 0.2) is 67.0 Å². The lowest BCUT2D eigenvalue weighted by Crippen LogP contribution is -2.11. The lowest BCUT2D eigenvalue weighted by molar-refractivity contribution is 0.102. The van der Waals surface area contributed by atoms with Crippen LogP contribution in [0.25, 0.3) is 0 Å². The van der Waals surface area contributed by atoms with Crippen LogP contribution in [0.3, 0.4) is 0 Å². The summed E-state index contributed by atoms with van der Waals surface area (Å²) in [5, 5.41) is 2.85. The quantitative estimate of drug-likeness (QED) is 0.795. The SMILES string of the molecule is Cc1ccc(NC(=O)c2cccc(Oc3ncccn3)c2)cc1. The number of nitrogens with zero attached hydrogens (tertiary/aromatic N) is 2. The number of carbonyl (C=O) groups excluding carboxylic acids is 1. The number of hydrogen-bond acceptors (Lipinski definition) is 4. The zero-order valence-electron chi connectivity index (χ0n) is 12.6. The normalized spacial score (nSPS) is 10.1. The minimum Gasteiger partial charge on any atom is -0.424 e. The zero-order chi connectivity index (χ0) is 16.1. The molecule has 0 saturated carbocycles. The fourth-order valence-electron chi connectivity index (χ4n) is 1.98. The van der Waals surface area contributed by atoms with Crippen LogP contribution in [0.2, 0.25) is 0 Å². The van der Waals surface area contributed by atoms with Gasteiger partial charge in [-0.3, -0.25) is 4.79 Å². The first-order chi connectivity index (χ1) is 11.2. The molecule has 1 heterocycles. The van der Waals surface area contributed by atoms with Crippen molar-refractivity contribution in [2.45, 2.75) is 6.92 Å². The highest BCUT2D eigenvalue weighted by molar-refractivity contribution is 6.04. The van der Waals surface area contributed by atoms with Gasteiger partial charge in [-0.1, -0.05) is 23.8 Å². The van der Waals surface area contributed by atoms with Gasteiger partial charge in [0.2, 0.25) is 0 Å². The van der Waals surface area contributed by atoms with E-state index in [-0.39, 0.29) is 11.9 Å². The summed E-state index contributed by atoms with van der Waals surface area (Å²) in [4.78, 5) is 20.3. The van der Waals surface area contributed by atoms with E-state index in [0.717, 1.165) is 11.3 Å². The summed E-state index contributed by atoms with van der Waals surface area (Å²) < 4.78 is 5.53. The van der Waals surface area contributed by atoms with Crippen molar-refractivity contribution in [3.8, 4) is 11.8 Å². The smallest absolute Gasteiger partial charge is 0.321 e. The first-order valence-corrected chi connectivity index (χ1v) is 7.14. The molecule has 3 aromatic rings. The number of anilines is 1. The van der Waals surface area contributed by atoms with E-state index >= 15 is 0 Å². The Balaban J connectivity index is 1.73. The van der Waals surface area contributed by atoms with Crippen molar-refractivity contribution in [2.24, 2.45) is 0 Å². The average Bonchev–Trinajstić information content (AvgIpc) is 2.58. The third kappa shape index (κ3) is 3.91. The Morgan fingerprint density at radius 2 is 1.74 bits per heavy atom. The maximum atomic E-state index is 12.3. The number of rotatable bonds is 4. The largest absolute Gasteiger partial charge is 0.424 e. The standard InChI is InChI=1S/C18H15N3O2/c1-13-6-8-15(9-7-13)21-17(22)14-4-2-5-16(12-14)23-18-19-10-3-11-20-18/h2-12H,1H3,(H,21,22). The van der Waals surface area contributed by atoms with Crippen molar-refractivity contribution in [1.29, 1.82) is 0 Å². The van der Waals surface area contributed by atoms with Gasteiger partial charge in [-0.25, -0.2) is 9.97 Å². The molecular formula is C18H15N3O2. The maximum absolute atomic E-state index is 12.3. The summed E-state index contributed by atoms with van der Waals surface area (Å²) in [5.41, 5.74) is 2.39. The van der Waals surface area contributed by atoms with Crippen molar-refractivity contribution in [3.05, 3.63) is 78.1 Å². The molecule has 1 N–H and O–H groups in total. The predicted molar refractivity (Wildman–Crippen MR) is 87.7 cm³/mol. The molecule has 23 heavy (non-hydrogen) atoms. The summed E-state index contributed by atoms with van der Waals surface area (Å²) in [6, 6.07) is 16.5. The molecule has 0 atom stereocenters. The lowest BCUT2D eigenvalue weighted by Gasteiger charge is -2.07. The molecule has 0 aliphatic heterocycles. The Morgan fingerprint density at radius 1 is 1.00 bits per heavy atom. The summed E-state index contributed by atoms with van der Waals surface area (Å²) in [6.07, 6.45) is 3.19. The summed E-state index contributed by atoms with van der Waals surface area (Å²) in [7, 11) is 0. The molecule has 5 nitrogen and oxygen atoms in total. The summed E-state index contributed by atoms with van der Waals surface area (Å²) >= 11 is 0. The van der Waals surface area contributed by atoms with E-state index in [0.29, 0.717) is 11.3 Å². The van der Waals surface area contributed by atoms with E-state index in [1.54, 1.807) is 42.7 Å². The molecule has 0 bridgehead atoms. The number of nitrogens with one attached hydrogen (secondary N) is 1. The molecule has 114 valence electrons. The molecule has 0 aliphatic carbocycles. The van der Waals surface area contributed by atoms with Crippen LogP contribution >= 0.6 is 0 Å². The second-order valence-corrected chi connectivity index (χ2v) is 4.98. The molecule has 0 radical (unpaired) electrons. The van der Waals surface area contributed by atoms with Gasteiger partial charge in [0.1, 0.15) is 5.75 Å². The predicted octanol–water partition coefficient (Wildman–Crippen LogP) is 3.83. The Hall–Kier alpha value is -3.21. The first kappa shape index (κ1) is 14.7. The Bertz CT molecular complexity index is 802. The Labute approximate surface area is 134 Å². The second kappa shape index (κ2) is 6.70. The van der Waals surface area contributed by atoms with E-state index in [1.807, 2.05) is 31.2 Å². The molecule has 0 fully saturated rings. The van der Waals surface area contributed by atoms with E-state index in [9.17, 15) is 4.79 Å². The number of amides is 1. The van der Waals surface area contributed by atoms with Crippen molar-refractivity contribution in [1.82, 2.24) is 9.97 Å². The fraction of sp³-hybridized carbons (Fsp3) is 0.0556. The molecule has 1 aromatic heterocycles. The van der Waals surface area contributed by atoms with Gasteiger partial charge in [0.15, 0.2) is 0 Å². The van der Waals surface area contributed by atoms with E-state index in [2.05, 4.69) is 15.3 Å². The van der Waals surface area contributed by atoms with Gasteiger partial charge in [0.05, 0.1) is 0 Å². The minimum absolute atomic E-state index is 0.201. The lowest BCUT2D eigenvalue weighted by atomic mass is 10.2. The molecule has 5 heteroatoms. The minimum atomic E-state index is -0.201. The first-order valence-electron chi connectivity index (χ1n) is 7.14. The van der Waals surface area contributed by atoms with Gasteiger partial charge in [-0.15, -0.1) is 0 Å². The van der Waals surface area contributed by atoms with Crippen LogP contribution in [0.5, 0.6) is 11.8 Å². The summed E-state index contributed by atoms with van der Waals surface area (Å²) in [6.45, 7) is 2.00. The Morgan fingerprint density at radius 3 is 2.48 bits per heavy atom. The third-order valence-electron chi connectivity index (χ3n) is 3.16. The van der Waals surface area contributed by atoms with Gasteiger partial charge < -0.3 is 10.1 Å². The third-order valence-corrected chi connectivity index (χ3v) is 3.16. The molecule has 0 unspecified atom stereocenters. The van der Waals surface area contributed by atoms with E-state index in [4.69, 9.17) is 4.74 Å². The van der Waals surface area contributed by atoms with E-state index < -0.39 is 0 Å². The maximum Gasteiger partial charge on any atom is 0.321 e. The van der Waals surface area contributed by atoms with Crippen molar-refractivity contribution >= 4 is 11.6 Å². The highest BCUT2D eigenvalue weighted by Crippen LogP contribution is 2.19. The second-order valence-electron chi connectivity index (χ2n) is 4.98. The molecule has 3 rings (SSSR count). The monoisotopic (exact) mass is 305 g/mol. The fourth-order valence-corrected chi connectivity index (χ4v) is 1.98. The zero-order valence-corrected chi connectivity index (χ0v) is 12.6. The number of ether oxygens (including phenoxy) is 1. The molecule has 0 spiro atoms. The van der Waals surface area contributed by atoms with E-state index in [1.165, 1.54) is 0 Å². The number of aryl methyl sites for hydroxylation is 1. The van der Waals surface area contributed by atoms with Crippen molar-refractivity contribution in [2.75, 3.05) is 5.32 Å². The molecule has 0 aliphatic rings. The highest BCUT2D eigenvalue weighted by Gasteiger charge is 2.08. The average molecular weight is 305 g/mol. The van der Waals surface area contributed by atoms with Crippen LogP contribution < -0.4 is 10.1 Å². The van der Waals surface area contributed by atoms with Crippen LogP contribution in [0.1, 0.15) is 15.9 Å². The van der Waals surface area contributed by atoms with Gasteiger partial charge in [0.25, 0.3) is 5.91 Å². The van der Waals surface area contributed by atoms with Gasteiger partial charge in [-0.2, -0.15) is 0 Å². The number of benzene rings is 2. The van der Waals surface area contributed by atoms with Gasteiger partial charge in [0, 0.05) is 23.6 Å². The molecular weight excluding hydrogens is 290 g/mol. The molecule has 2 aromatic carbocycles. The van der Waals surface area contributed by atoms with Crippen LogP contribution in [0, 0.1) is 6.92 Å². The van der Waals surface area contributed by atoms with Crippen LogP contribution in [-0.4, -0.2) is 15.9 Å². The van der Waals surface area contributed by atoms with Crippen molar-refractivity contribution in [3.63, 3.8) is 0 Å². The Kier molecular flexibility index (Phi) is 4.29. The molecule has 0 saturated heterocycles. The number of aromatic nitrogens is 2. The number of carbonyl (C=O) groups is 1. The van der Waals surface area contributed by atoms with Crippen molar-refractivity contribution < 1.29 is 9.53 Å². The topological polar surface area (TPSA) is 64.1 Å².